The van der Waals surface area contributed by atoms with Gasteiger partial charge in [0, 0.05) is 54.9 Å². The maximum atomic E-state index is 13.7. The van der Waals surface area contributed by atoms with Crippen molar-refractivity contribution in [2.75, 3.05) is 26.0 Å². The standard InChI is InChI=1S/C33H45N5O/c1-21-16-22(2)36-24(4)31(21)19-35-33(39)30-17-27(26-10-8-25(9-11-26)20-37(5)6)18-32(23(30)3)38(7)29-14-12-28(34)13-15-29/h8-11,16-18,28-29H,12-15,19-20,34H2,1-7H3,(H,35,39)/t28-,29-. The summed E-state index contributed by atoms with van der Waals surface area (Å²) < 4.78 is 0. The first-order valence-corrected chi connectivity index (χ1v) is 14.1. The van der Waals surface area contributed by atoms with Crippen LogP contribution in [0, 0.1) is 27.7 Å². The number of hydrogen-bond acceptors (Lipinski definition) is 5. The first kappa shape index (κ1) is 28.8. The minimum atomic E-state index is -0.0572. The molecule has 0 spiro atoms. The summed E-state index contributed by atoms with van der Waals surface area (Å²) in [4.78, 5) is 22.9. The van der Waals surface area contributed by atoms with Crippen molar-refractivity contribution in [1.82, 2.24) is 15.2 Å². The molecule has 1 heterocycles. The van der Waals surface area contributed by atoms with Crippen LogP contribution in [0.25, 0.3) is 11.1 Å². The van der Waals surface area contributed by atoms with Crippen LogP contribution in [-0.2, 0) is 13.1 Å². The summed E-state index contributed by atoms with van der Waals surface area (Å²) in [5, 5.41) is 3.20. The average Bonchev–Trinajstić information content (AvgIpc) is 2.88. The fourth-order valence-electron chi connectivity index (χ4n) is 5.90. The molecule has 1 saturated carbocycles. The van der Waals surface area contributed by atoms with Crippen molar-refractivity contribution in [3.05, 3.63) is 81.7 Å². The molecular formula is C33H45N5O. The zero-order chi connectivity index (χ0) is 28.3. The van der Waals surface area contributed by atoms with E-state index in [1.807, 2.05) is 19.9 Å². The maximum absolute atomic E-state index is 13.7. The lowest BCUT2D eigenvalue weighted by atomic mass is 9.89. The van der Waals surface area contributed by atoms with Crippen molar-refractivity contribution < 1.29 is 4.79 Å². The van der Waals surface area contributed by atoms with Crippen molar-refractivity contribution in [2.24, 2.45) is 5.73 Å². The van der Waals surface area contributed by atoms with Crippen molar-refractivity contribution in [3.8, 4) is 11.1 Å². The van der Waals surface area contributed by atoms with E-state index in [0.29, 0.717) is 18.6 Å². The number of nitrogens with zero attached hydrogens (tertiary/aromatic N) is 3. The van der Waals surface area contributed by atoms with Crippen LogP contribution in [0.5, 0.6) is 0 Å². The van der Waals surface area contributed by atoms with E-state index in [0.717, 1.165) is 82.7 Å². The first-order chi connectivity index (χ1) is 18.5. The summed E-state index contributed by atoms with van der Waals surface area (Å²) in [6.07, 6.45) is 4.22. The number of aryl methyl sites for hydroxylation is 3. The molecular weight excluding hydrogens is 482 g/mol. The Labute approximate surface area is 234 Å². The molecule has 0 saturated heterocycles. The molecule has 3 aromatic rings. The Kier molecular flexibility index (Phi) is 9.08. The summed E-state index contributed by atoms with van der Waals surface area (Å²) in [6, 6.07) is 15.8. The number of anilines is 1. The molecule has 3 N–H and O–H groups in total. The van der Waals surface area contributed by atoms with Crippen LogP contribution < -0.4 is 16.0 Å². The van der Waals surface area contributed by atoms with E-state index < -0.39 is 0 Å². The number of amides is 1. The molecule has 208 valence electrons. The van der Waals surface area contributed by atoms with Crippen LogP contribution in [0.4, 0.5) is 5.69 Å². The summed E-state index contributed by atoms with van der Waals surface area (Å²) in [6.45, 7) is 9.52. The van der Waals surface area contributed by atoms with E-state index in [1.165, 1.54) is 5.56 Å². The van der Waals surface area contributed by atoms with Crippen molar-refractivity contribution in [1.29, 1.82) is 0 Å². The van der Waals surface area contributed by atoms with Gasteiger partial charge < -0.3 is 20.9 Å². The van der Waals surface area contributed by atoms with Crippen molar-refractivity contribution >= 4 is 11.6 Å². The lowest BCUT2D eigenvalue weighted by Gasteiger charge is -2.36. The van der Waals surface area contributed by atoms with Gasteiger partial charge in [0.25, 0.3) is 5.91 Å². The van der Waals surface area contributed by atoms with E-state index in [4.69, 9.17) is 5.73 Å². The number of hydrogen-bond donors (Lipinski definition) is 2. The van der Waals surface area contributed by atoms with Gasteiger partial charge in [0.15, 0.2) is 0 Å². The van der Waals surface area contributed by atoms with Crippen LogP contribution in [0.2, 0.25) is 0 Å². The number of carbonyl (C=O) groups is 1. The Bertz CT molecular complexity index is 1280. The highest BCUT2D eigenvalue weighted by Gasteiger charge is 2.25. The van der Waals surface area contributed by atoms with E-state index in [1.54, 1.807) is 0 Å². The fraction of sp³-hybridized carbons (Fsp3) is 0.455. The van der Waals surface area contributed by atoms with E-state index in [-0.39, 0.29) is 5.91 Å². The summed E-state index contributed by atoms with van der Waals surface area (Å²) in [5.41, 5.74) is 16.7. The third-order valence-electron chi connectivity index (χ3n) is 8.19. The van der Waals surface area contributed by atoms with Gasteiger partial charge in [-0.15, -0.1) is 0 Å². The second kappa shape index (κ2) is 12.3. The van der Waals surface area contributed by atoms with Gasteiger partial charge in [-0.2, -0.15) is 0 Å². The van der Waals surface area contributed by atoms with Crippen LogP contribution >= 0.6 is 0 Å². The predicted molar refractivity (Wildman–Crippen MR) is 162 cm³/mol. The van der Waals surface area contributed by atoms with Gasteiger partial charge in [-0.3, -0.25) is 9.78 Å². The molecule has 39 heavy (non-hydrogen) atoms. The number of pyridine rings is 1. The average molecular weight is 528 g/mol. The molecule has 1 amide bonds. The third-order valence-corrected chi connectivity index (χ3v) is 8.19. The highest BCUT2D eigenvalue weighted by atomic mass is 16.1. The maximum Gasteiger partial charge on any atom is 0.251 e. The molecule has 6 nitrogen and oxygen atoms in total. The quantitative estimate of drug-likeness (QED) is 0.394. The number of benzene rings is 2. The SMILES string of the molecule is Cc1cc(C)c(CNC(=O)c2cc(-c3ccc(CN(C)C)cc3)cc(N(C)[C@H]3CC[C@H](N)CC3)c2C)c(C)n1. The molecule has 0 atom stereocenters. The lowest BCUT2D eigenvalue weighted by molar-refractivity contribution is 0.0950. The molecule has 0 aliphatic heterocycles. The fourth-order valence-corrected chi connectivity index (χ4v) is 5.90. The number of nitrogens with one attached hydrogen (secondary N) is 1. The zero-order valence-corrected chi connectivity index (χ0v) is 24.8. The Balaban J connectivity index is 1.68. The van der Waals surface area contributed by atoms with Crippen LogP contribution in [0.3, 0.4) is 0 Å². The molecule has 6 heteroatoms. The summed E-state index contributed by atoms with van der Waals surface area (Å²) >= 11 is 0. The summed E-state index contributed by atoms with van der Waals surface area (Å²) in [5.74, 6) is -0.0572. The summed E-state index contributed by atoms with van der Waals surface area (Å²) in [7, 11) is 6.32. The predicted octanol–water partition coefficient (Wildman–Crippen LogP) is 5.68. The van der Waals surface area contributed by atoms with Crippen molar-refractivity contribution in [3.63, 3.8) is 0 Å². The highest BCUT2D eigenvalue weighted by molar-refractivity contribution is 5.99. The molecule has 1 aliphatic rings. The minimum Gasteiger partial charge on any atom is -0.371 e. The zero-order valence-electron chi connectivity index (χ0n) is 24.8. The van der Waals surface area contributed by atoms with Gasteiger partial charge in [-0.05, 0) is 119 Å². The Morgan fingerprint density at radius 3 is 2.23 bits per heavy atom. The molecule has 0 radical (unpaired) electrons. The van der Waals surface area contributed by atoms with Gasteiger partial charge in [0.05, 0.1) is 0 Å². The largest absolute Gasteiger partial charge is 0.371 e. The molecule has 1 fully saturated rings. The molecule has 0 unspecified atom stereocenters. The van der Waals surface area contributed by atoms with Crippen molar-refractivity contribution in [2.45, 2.75) is 78.6 Å². The normalized spacial score (nSPS) is 17.4. The molecule has 2 aromatic carbocycles. The second-order valence-corrected chi connectivity index (χ2v) is 11.6. The topological polar surface area (TPSA) is 74.5 Å². The second-order valence-electron chi connectivity index (χ2n) is 11.6. The van der Waals surface area contributed by atoms with Crippen LogP contribution in [0.15, 0.2) is 42.5 Å². The number of aromatic nitrogens is 1. The van der Waals surface area contributed by atoms with Crippen LogP contribution in [0.1, 0.15) is 69.7 Å². The molecule has 1 aliphatic carbocycles. The molecule has 1 aromatic heterocycles. The lowest BCUT2D eigenvalue weighted by Crippen LogP contribution is -2.39. The highest BCUT2D eigenvalue weighted by Crippen LogP contribution is 2.34. The third kappa shape index (κ3) is 6.87. The van der Waals surface area contributed by atoms with Crippen LogP contribution in [-0.4, -0.2) is 49.0 Å². The monoisotopic (exact) mass is 527 g/mol. The van der Waals surface area contributed by atoms with Gasteiger partial charge in [0.2, 0.25) is 0 Å². The Morgan fingerprint density at radius 2 is 1.62 bits per heavy atom. The van der Waals surface area contributed by atoms with E-state index in [9.17, 15) is 4.79 Å². The van der Waals surface area contributed by atoms with Gasteiger partial charge in [-0.1, -0.05) is 24.3 Å². The van der Waals surface area contributed by atoms with E-state index >= 15 is 0 Å². The number of nitrogens with two attached hydrogens (primary N) is 1. The number of carbonyl (C=O) groups excluding carboxylic acids is 1. The Hall–Kier alpha value is -3.22. The number of rotatable bonds is 8. The smallest absolute Gasteiger partial charge is 0.251 e. The van der Waals surface area contributed by atoms with Gasteiger partial charge in [0.1, 0.15) is 0 Å². The van der Waals surface area contributed by atoms with Gasteiger partial charge >= 0.3 is 0 Å². The van der Waals surface area contributed by atoms with Gasteiger partial charge in [-0.25, -0.2) is 0 Å². The first-order valence-electron chi connectivity index (χ1n) is 14.1. The molecule has 0 bridgehead atoms. The van der Waals surface area contributed by atoms with E-state index in [2.05, 4.69) is 91.5 Å². The molecule has 4 rings (SSSR count). The Morgan fingerprint density at radius 1 is 0.949 bits per heavy atom. The minimum absolute atomic E-state index is 0.0572.